The van der Waals surface area contributed by atoms with Crippen LogP contribution in [0.1, 0.15) is 5.56 Å². The molecule has 9 nitrogen and oxygen atoms in total. The summed E-state index contributed by atoms with van der Waals surface area (Å²) in [5.41, 5.74) is 6.92. The van der Waals surface area contributed by atoms with E-state index < -0.39 is 22.0 Å². The molecule has 0 unspecified atom stereocenters. The summed E-state index contributed by atoms with van der Waals surface area (Å²) >= 11 is 0. The first-order valence-electron chi connectivity index (χ1n) is 7.62. The number of carboxylic acids is 2. The van der Waals surface area contributed by atoms with Crippen molar-refractivity contribution in [1.82, 2.24) is 0 Å². The van der Waals surface area contributed by atoms with E-state index in [4.69, 9.17) is 30.3 Å². The fourth-order valence-electron chi connectivity index (χ4n) is 2.01. The number of methoxy groups -OCH3 is 1. The minimum Gasteiger partial charge on any atom is -0.496 e. The molecule has 0 aromatic heterocycles. The van der Waals surface area contributed by atoms with Crippen molar-refractivity contribution in [3.05, 3.63) is 54.1 Å². The van der Waals surface area contributed by atoms with Crippen LogP contribution in [-0.2, 0) is 26.0 Å². The number of hydrogen-bond acceptors (Lipinski definition) is 6. The zero-order chi connectivity index (χ0) is 20.4. The highest BCUT2D eigenvalue weighted by Gasteiger charge is 2.14. The van der Waals surface area contributed by atoms with Crippen LogP contribution < -0.4 is 15.2 Å². The standard InChI is InChI=1S/C15H18N2O3S.C2H2O4/c1-20-15-8-7-13(11-12(15)9-10-16)17-21(18,19)14-5-3-2-4-6-14;3-1(4)2(5)6/h2-8,11,17H,9-10,16H2,1H3;(H,3,4)(H,5,6). The Balaban J connectivity index is 0.000000527. The van der Waals surface area contributed by atoms with E-state index in [1.165, 1.54) is 0 Å². The Labute approximate surface area is 156 Å². The molecule has 2 aromatic rings. The SMILES string of the molecule is COc1ccc(NS(=O)(=O)c2ccccc2)cc1CCN.O=C(O)C(=O)O. The maximum atomic E-state index is 12.3. The third kappa shape index (κ3) is 6.96. The quantitative estimate of drug-likeness (QED) is 0.530. The maximum absolute atomic E-state index is 12.3. The topological polar surface area (TPSA) is 156 Å². The van der Waals surface area contributed by atoms with Crippen LogP contribution in [0.25, 0.3) is 0 Å². The van der Waals surface area contributed by atoms with Crippen molar-refractivity contribution in [3.63, 3.8) is 0 Å². The van der Waals surface area contributed by atoms with Crippen LogP contribution in [-0.4, -0.2) is 44.2 Å². The molecule has 0 bridgehead atoms. The molecule has 0 saturated carbocycles. The van der Waals surface area contributed by atoms with Crippen LogP contribution in [0, 0.1) is 0 Å². The summed E-state index contributed by atoms with van der Waals surface area (Å²) in [6.45, 7) is 0.464. The molecule has 0 heterocycles. The fraction of sp³-hybridized carbons (Fsp3) is 0.176. The Hall–Kier alpha value is -3.11. The van der Waals surface area contributed by atoms with Crippen molar-refractivity contribution in [1.29, 1.82) is 0 Å². The first-order chi connectivity index (χ1) is 12.7. The molecule has 0 aliphatic rings. The molecule has 2 aromatic carbocycles. The Morgan fingerprint density at radius 2 is 1.67 bits per heavy atom. The van der Waals surface area contributed by atoms with Gasteiger partial charge in [0.05, 0.1) is 12.0 Å². The van der Waals surface area contributed by atoms with Crippen molar-refractivity contribution in [3.8, 4) is 5.75 Å². The minimum atomic E-state index is -3.59. The molecule has 0 spiro atoms. The van der Waals surface area contributed by atoms with E-state index in [9.17, 15) is 8.42 Å². The van der Waals surface area contributed by atoms with E-state index in [1.54, 1.807) is 55.6 Å². The van der Waals surface area contributed by atoms with Crippen molar-refractivity contribution in [2.45, 2.75) is 11.3 Å². The summed E-state index contributed by atoms with van der Waals surface area (Å²) in [6.07, 6.45) is 0.615. The number of rotatable bonds is 6. The normalized spacial score (nSPS) is 10.3. The number of hydrogen-bond donors (Lipinski definition) is 4. The predicted octanol–water partition coefficient (Wildman–Crippen LogP) is 1.15. The lowest BCUT2D eigenvalue weighted by Crippen LogP contribution is -2.13. The van der Waals surface area contributed by atoms with E-state index in [0.29, 0.717) is 24.4 Å². The molecule has 0 aliphatic carbocycles. The molecule has 0 amide bonds. The van der Waals surface area contributed by atoms with Gasteiger partial charge >= 0.3 is 11.9 Å². The summed E-state index contributed by atoms with van der Waals surface area (Å²) in [5, 5.41) is 14.8. The molecule has 0 radical (unpaired) electrons. The molecular formula is C17H20N2O7S. The molecule has 2 rings (SSSR count). The number of carbonyl (C=O) groups is 2. The summed E-state index contributed by atoms with van der Waals surface area (Å²) in [4.78, 5) is 18.4. The summed E-state index contributed by atoms with van der Waals surface area (Å²) in [6, 6.07) is 13.4. The second-order valence-corrected chi connectivity index (χ2v) is 6.78. The number of sulfonamides is 1. The third-order valence-electron chi connectivity index (χ3n) is 3.18. The lowest BCUT2D eigenvalue weighted by molar-refractivity contribution is -0.159. The van der Waals surface area contributed by atoms with Crippen LogP contribution >= 0.6 is 0 Å². The van der Waals surface area contributed by atoms with Crippen LogP contribution in [0.4, 0.5) is 5.69 Å². The van der Waals surface area contributed by atoms with Gasteiger partial charge in [-0.2, -0.15) is 0 Å². The predicted molar refractivity (Wildman–Crippen MR) is 98.3 cm³/mol. The van der Waals surface area contributed by atoms with Gasteiger partial charge < -0.3 is 20.7 Å². The summed E-state index contributed by atoms with van der Waals surface area (Å²) < 4.78 is 32.3. The Morgan fingerprint density at radius 1 is 1.07 bits per heavy atom. The van der Waals surface area contributed by atoms with Gasteiger partial charge in [0.1, 0.15) is 5.75 Å². The van der Waals surface area contributed by atoms with Crippen LogP contribution in [0.2, 0.25) is 0 Å². The molecule has 27 heavy (non-hydrogen) atoms. The number of aliphatic carboxylic acids is 2. The highest BCUT2D eigenvalue weighted by atomic mass is 32.2. The van der Waals surface area contributed by atoms with Gasteiger partial charge in [0.2, 0.25) is 0 Å². The smallest absolute Gasteiger partial charge is 0.414 e. The van der Waals surface area contributed by atoms with E-state index in [0.717, 1.165) is 5.56 Å². The lowest BCUT2D eigenvalue weighted by atomic mass is 10.1. The number of ether oxygens (including phenoxy) is 1. The minimum absolute atomic E-state index is 0.223. The second-order valence-electron chi connectivity index (χ2n) is 5.09. The fourth-order valence-corrected chi connectivity index (χ4v) is 3.08. The molecule has 5 N–H and O–H groups in total. The van der Waals surface area contributed by atoms with Gasteiger partial charge in [-0.3, -0.25) is 4.72 Å². The summed E-state index contributed by atoms with van der Waals surface area (Å²) in [5.74, 6) is -2.95. The monoisotopic (exact) mass is 396 g/mol. The molecule has 10 heteroatoms. The van der Waals surface area contributed by atoms with Gasteiger partial charge in [-0.1, -0.05) is 18.2 Å². The molecule has 146 valence electrons. The van der Waals surface area contributed by atoms with E-state index in [1.807, 2.05) is 0 Å². The van der Waals surface area contributed by atoms with Crippen molar-refractivity contribution < 1.29 is 33.0 Å². The Kier molecular flexibility index (Phi) is 8.24. The number of carboxylic acid groups (broad SMARTS) is 2. The molecule has 0 aliphatic heterocycles. The van der Waals surface area contributed by atoms with E-state index in [-0.39, 0.29) is 4.90 Å². The zero-order valence-electron chi connectivity index (χ0n) is 14.5. The Morgan fingerprint density at radius 3 is 2.15 bits per heavy atom. The number of anilines is 1. The Bertz CT molecular complexity index is 871. The van der Waals surface area contributed by atoms with Gasteiger partial charge in [-0.05, 0) is 48.9 Å². The van der Waals surface area contributed by atoms with Gasteiger partial charge in [0.25, 0.3) is 10.0 Å². The maximum Gasteiger partial charge on any atom is 0.414 e. The van der Waals surface area contributed by atoms with Gasteiger partial charge in [-0.15, -0.1) is 0 Å². The first-order valence-corrected chi connectivity index (χ1v) is 9.10. The average molecular weight is 396 g/mol. The molecular weight excluding hydrogens is 376 g/mol. The number of nitrogens with one attached hydrogen (secondary N) is 1. The molecule has 0 atom stereocenters. The highest BCUT2D eigenvalue weighted by molar-refractivity contribution is 7.92. The van der Waals surface area contributed by atoms with Crippen molar-refractivity contribution in [2.75, 3.05) is 18.4 Å². The number of nitrogens with two attached hydrogens (primary N) is 1. The van der Waals surface area contributed by atoms with E-state index in [2.05, 4.69) is 4.72 Å². The van der Waals surface area contributed by atoms with Crippen molar-refractivity contribution in [2.24, 2.45) is 5.73 Å². The number of benzene rings is 2. The highest BCUT2D eigenvalue weighted by Crippen LogP contribution is 2.24. The molecule has 0 fully saturated rings. The van der Waals surface area contributed by atoms with Gasteiger partial charge in [-0.25, -0.2) is 18.0 Å². The van der Waals surface area contributed by atoms with Gasteiger partial charge in [0.15, 0.2) is 0 Å². The first kappa shape index (κ1) is 21.9. The zero-order valence-corrected chi connectivity index (χ0v) is 15.3. The van der Waals surface area contributed by atoms with Gasteiger partial charge in [0, 0.05) is 5.69 Å². The van der Waals surface area contributed by atoms with Crippen molar-refractivity contribution >= 4 is 27.6 Å². The second kappa shape index (κ2) is 10.1. The average Bonchev–Trinajstić information content (AvgIpc) is 2.63. The van der Waals surface area contributed by atoms with Crippen LogP contribution in [0.3, 0.4) is 0 Å². The molecule has 0 saturated heterocycles. The summed E-state index contributed by atoms with van der Waals surface area (Å²) in [7, 11) is -2.01. The van der Waals surface area contributed by atoms with E-state index >= 15 is 0 Å². The lowest BCUT2D eigenvalue weighted by Gasteiger charge is -2.12. The van der Waals surface area contributed by atoms with Crippen LogP contribution in [0.5, 0.6) is 5.75 Å². The van der Waals surface area contributed by atoms with Crippen LogP contribution in [0.15, 0.2) is 53.4 Å². The largest absolute Gasteiger partial charge is 0.496 e. The third-order valence-corrected chi connectivity index (χ3v) is 4.58.